The first-order valence-electron chi connectivity index (χ1n) is 3.93. The molecule has 62 valence electrons. The molecule has 0 radical (unpaired) electrons. The van der Waals surface area contributed by atoms with Gasteiger partial charge < -0.3 is 4.98 Å². The highest BCUT2D eigenvalue weighted by atomic mass is 35.5. The van der Waals surface area contributed by atoms with E-state index in [1.165, 1.54) is 16.6 Å². The molecule has 2 rings (SSSR count). The molecule has 0 aliphatic heterocycles. The summed E-state index contributed by atoms with van der Waals surface area (Å²) in [7, 11) is 0. The van der Waals surface area contributed by atoms with Crippen LogP contribution in [-0.4, -0.2) is 4.98 Å². The number of hydrogen-bond acceptors (Lipinski definition) is 0. The van der Waals surface area contributed by atoms with Crippen molar-refractivity contribution >= 4 is 22.5 Å². The summed E-state index contributed by atoms with van der Waals surface area (Å²) >= 11 is 6.01. The molecular weight excluding hydrogens is 170 g/mol. The third-order valence-electron chi connectivity index (χ3n) is 2.29. The van der Waals surface area contributed by atoms with Crippen molar-refractivity contribution in [1.29, 1.82) is 0 Å². The maximum absolute atomic E-state index is 6.01. The van der Waals surface area contributed by atoms with Crippen LogP contribution in [0, 0.1) is 13.8 Å². The maximum atomic E-state index is 6.01. The van der Waals surface area contributed by atoms with E-state index in [-0.39, 0.29) is 0 Å². The van der Waals surface area contributed by atoms with Crippen molar-refractivity contribution in [2.24, 2.45) is 0 Å². The van der Waals surface area contributed by atoms with Crippen LogP contribution >= 0.6 is 11.6 Å². The van der Waals surface area contributed by atoms with Gasteiger partial charge in [0.15, 0.2) is 0 Å². The average Bonchev–Trinajstić information content (AvgIpc) is 2.32. The van der Waals surface area contributed by atoms with Crippen LogP contribution in [0.3, 0.4) is 0 Å². The van der Waals surface area contributed by atoms with E-state index in [0.717, 1.165) is 10.5 Å². The molecule has 1 aromatic carbocycles. The standard InChI is InChI=1S/C10H10ClN/c1-6-7(2)12-10-8(6)4-3-5-9(10)11/h3-5,12H,1-2H3. The molecule has 2 aromatic rings. The van der Waals surface area contributed by atoms with Gasteiger partial charge in [-0.3, -0.25) is 0 Å². The van der Waals surface area contributed by atoms with Crippen LogP contribution in [0.2, 0.25) is 5.02 Å². The lowest BCUT2D eigenvalue weighted by molar-refractivity contribution is 1.25. The second kappa shape index (κ2) is 2.53. The Labute approximate surface area is 76.4 Å². The Kier molecular flexibility index (Phi) is 1.62. The molecule has 0 saturated heterocycles. The summed E-state index contributed by atoms with van der Waals surface area (Å²) in [6.45, 7) is 4.16. The number of aryl methyl sites for hydroxylation is 2. The van der Waals surface area contributed by atoms with E-state index in [1.807, 2.05) is 12.1 Å². The third kappa shape index (κ3) is 0.935. The number of H-pyrrole nitrogens is 1. The number of aromatic nitrogens is 1. The molecule has 0 atom stereocenters. The Hall–Kier alpha value is -0.950. The van der Waals surface area contributed by atoms with Crippen LogP contribution in [0.5, 0.6) is 0 Å². The first-order chi connectivity index (χ1) is 5.70. The number of rotatable bonds is 0. The molecule has 0 aliphatic rings. The molecule has 0 fully saturated rings. The van der Waals surface area contributed by atoms with Gasteiger partial charge in [-0.05, 0) is 25.5 Å². The lowest BCUT2D eigenvalue weighted by Crippen LogP contribution is -1.70. The van der Waals surface area contributed by atoms with Crippen molar-refractivity contribution in [3.8, 4) is 0 Å². The number of fused-ring (bicyclic) bond motifs is 1. The van der Waals surface area contributed by atoms with E-state index in [9.17, 15) is 0 Å². The SMILES string of the molecule is Cc1[nH]c2c(Cl)cccc2c1C. The van der Waals surface area contributed by atoms with Gasteiger partial charge in [0.2, 0.25) is 0 Å². The fourth-order valence-electron chi connectivity index (χ4n) is 1.45. The van der Waals surface area contributed by atoms with Crippen molar-refractivity contribution in [2.75, 3.05) is 0 Å². The highest BCUT2D eigenvalue weighted by Gasteiger charge is 2.05. The van der Waals surface area contributed by atoms with Gasteiger partial charge in [0, 0.05) is 11.1 Å². The zero-order valence-corrected chi connectivity index (χ0v) is 7.87. The number of aromatic amines is 1. The summed E-state index contributed by atoms with van der Waals surface area (Å²) in [4.78, 5) is 3.26. The smallest absolute Gasteiger partial charge is 0.0648 e. The lowest BCUT2D eigenvalue weighted by atomic mass is 10.2. The minimum Gasteiger partial charge on any atom is -0.357 e. The van der Waals surface area contributed by atoms with E-state index < -0.39 is 0 Å². The first kappa shape index (κ1) is 7.69. The zero-order chi connectivity index (χ0) is 8.72. The Morgan fingerprint density at radius 2 is 2.00 bits per heavy atom. The summed E-state index contributed by atoms with van der Waals surface area (Å²) in [5.74, 6) is 0. The van der Waals surface area contributed by atoms with Gasteiger partial charge in [-0.15, -0.1) is 0 Å². The van der Waals surface area contributed by atoms with Gasteiger partial charge >= 0.3 is 0 Å². The highest BCUT2D eigenvalue weighted by molar-refractivity contribution is 6.35. The molecule has 0 aliphatic carbocycles. The molecule has 2 heteroatoms. The molecule has 1 aromatic heterocycles. The van der Waals surface area contributed by atoms with Crippen molar-refractivity contribution in [2.45, 2.75) is 13.8 Å². The van der Waals surface area contributed by atoms with Crippen LogP contribution < -0.4 is 0 Å². The van der Waals surface area contributed by atoms with Crippen molar-refractivity contribution < 1.29 is 0 Å². The fraction of sp³-hybridized carbons (Fsp3) is 0.200. The molecule has 0 unspecified atom stereocenters. The van der Waals surface area contributed by atoms with Crippen LogP contribution in [-0.2, 0) is 0 Å². The van der Waals surface area contributed by atoms with Crippen LogP contribution in [0.15, 0.2) is 18.2 Å². The highest BCUT2D eigenvalue weighted by Crippen LogP contribution is 2.26. The Morgan fingerprint density at radius 1 is 1.25 bits per heavy atom. The maximum Gasteiger partial charge on any atom is 0.0648 e. The molecule has 1 nitrogen and oxygen atoms in total. The number of nitrogens with one attached hydrogen (secondary N) is 1. The summed E-state index contributed by atoms with van der Waals surface area (Å²) in [5, 5.41) is 2.02. The first-order valence-corrected chi connectivity index (χ1v) is 4.31. The van der Waals surface area contributed by atoms with E-state index in [1.54, 1.807) is 0 Å². The Bertz CT molecular complexity index is 429. The predicted molar refractivity (Wildman–Crippen MR) is 52.8 cm³/mol. The fourth-order valence-corrected chi connectivity index (χ4v) is 1.67. The number of halogens is 1. The molecule has 0 spiro atoms. The average molecular weight is 180 g/mol. The number of benzene rings is 1. The second-order valence-corrected chi connectivity index (χ2v) is 3.44. The van der Waals surface area contributed by atoms with Crippen molar-refractivity contribution in [3.05, 3.63) is 34.5 Å². The Balaban J connectivity index is 2.95. The van der Waals surface area contributed by atoms with Crippen LogP contribution in [0.4, 0.5) is 0 Å². The summed E-state index contributed by atoms with van der Waals surface area (Å²) in [6.07, 6.45) is 0. The lowest BCUT2D eigenvalue weighted by Gasteiger charge is -1.92. The predicted octanol–water partition coefficient (Wildman–Crippen LogP) is 3.44. The minimum absolute atomic E-state index is 0.795. The van der Waals surface area contributed by atoms with Gasteiger partial charge in [-0.25, -0.2) is 0 Å². The topological polar surface area (TPSA) is 15.8 Å². The molecule has 0 bridgehead atoms. The second-order valence-electron chi connectivity index (χ2n) is 3.04. The van der Waals surface area contributed by atoms with Gasteiger partial charge in [-0.2, -0.15) is 0 Å². The van der Waals surface area contributed by atoms with Crippen molar-refractivity contribution in [1.82, 2.24) is 4.98 Å². The van der Waals surface area contributed by atoms with Gasteiger partial charge in [0.05, 0.1) is 10.5 Å². The molecule has 1 N–H and O–H groups in total. The molecule has 0 saturated carbocycles. The quantitative estimate of drug-likeness (QED) is 0.638. The van der Waals surface area contributed by atoms with E-state index in [2.05, 4.69) is 24.9 Å². The van der Waals surface area contributed by atoms with Gasteiger partial charge in [0.1, 0.15) is 0 Å². The number of para-hydroxylation sites is 1. The van der Waals surface area contributed by atoms with E-state index in [4.69, 9.17) is 11.6 Å². The normalized spacial score (nSPS) is 10.9. The third-order valence-corrected chi connectivity index (χ3v) is 2.61. The number of hydrogen-bond donors (Lipinski definition) is 1. The monoisotopic (exact) mass is 179 g/mol. The summed E-state index contributed by atoms with van der Waals surface area (Å²) in [5.41, 5.74) is 3.53. The largest absolute Gasteiger partial charge is 0.357 e. The van der Waals surface area contributed by atoms with E-state index in [0.29, 0.717) is 0 Å². The molecule has 12 heavy (non-hydrogen) atoms. The van der Waals surface area contributed by atoms with Crippen LogP contribution in [0.25, 0.3) is 10.9 Å². The zero-order valence-electron chi connectivity index (χ0n) is 7.11. The minimum atomic E-state index is 0.795. The molecular formula is C10H10ClN. The van der Waals surface area contributed by atoms with Gasteiger partial charge in [0.25, 0.3) is 0 Å². The summed E-state index contributed by atoms with van der Waals surface area (Å²) < 4.78 is 0. The summed E-state index contributed by atoms with van der Waals surface area (Å²) in [6, 6.07) is 5.96. The Morgan fingerprint density at radius 3 is 2.67 bits per heavy atom. The molecule has 1 heterocycles. The van der Waals surface area contributed by atoms with Crippen molar-refractivity contribution in [3.63, 3.8) is 0 Å². The van der Waals surface area contributed by atoms with Gasteiger partial charge in [-0.1, -0.05) is 23.7 Å². The van der Waals surface area contributed by atoms with Crippen LogP contribution in [0.1, 0.15) is 11.3 Å². The molecule has 0 amide bonds. The van der Waals surface area contributed by atoms with E-state index >= 15 is 0 Å².